The zero-order valence-electron chi connectivity index (χ0n) is 43.4. The maximum atomic E-state index is 12.0. The molecule has 9 nitrogen and oxygen atoms in total. The Balaban J connectivity index is 1.48. The first kappa shape index (κ1) is 55.0. The fourth-order valence-corrected chi connectivity index (χ4v) is 14.8. The summed E-state index contributed by atoms with van der Waals surface area (Å²) in [6, 6.07) is 37.3. The molecule has 0 amide bonds. The molecule has 68 heavy (non-hydrogen) atoms. The maximum absolute atomic E-state index is 12.0. The average molecular weight is 967 g/mol. The lowest BCUT2D eigenvalue weighted by molar-refractivity contribution is -0.158. The molecule has 1 fully saturated rings. The van der Waals surface area contributed by atoms with E-state index in [2.05, 4.69) is 134 Å². The predicted molar refractivity (Wildman–Crippen MR) is 281 cm³/mol. The molecule has 0 unspecified atom stereocenters. The molecule has 0 aliphatic carbocycles. The molecule has 0 aromatic heterocycles. The number of hydrogen-bond donors (Lipinski definition) is 1. The Hall–Kier alpha value is -3.89. The van der Waals surface area contributed by atoms with Crippen molar-refractivity contribution in [3.8, 4) is 11.5 Å². The summed E-state index contributed by atoms with van der Waals surface area (Å²) in [7, 11) is -1.88. The van der Waals surface area contributed by atoms with Gasteiger partial charge in [-0.25, -0.2) is 0 Å². The van der Waals surface area contributed by atoms with Crippen molar-refractivity contribution >= 4 is 27.0 Å². The maximum Gasteiger partial charge on any atom is 0.261 e. The summed E-state index contributed by atoms with van der Waals surface area (Å²) in [5, 5.41) is 14.1. The van der Waals surface area contributed by atoms with E-state index in [0.717, 1.165) is 29.0 Å². The van der Waals surface area contributed by atoms with Gasteiger partial charge in [0.15, 0.2) is 14.1 Å². The zero-order chi connectivity index (χ0) is 49.6. The Labute approximate surface area is 411 Å². The molecule has 0 bridgehead atoms. The van der Waals surface area contributed by atoms with E-state index in [1.807, 2.05) is 74.5 Å². The van der Waals surface area contributed by atoms with Crippen LogP contribution in [0.2, 0.25) is 23.2 Å². The third-order valence-corrected chi connectivity index (χ3v) is 23.2. The standard InChI is InChI=1S/C57H82O9Si2/c1-14-46(22-21-38-61-41-44-27-31-47(59-10)32-28-44)52(58)35-36-57(37-39-63-68(55(5,6)7,50-23-17-15-18-24-50)51-25-19-16-20-26-51)53(64-56(8,9)66-57)40-49(65-67(12,13)54(2,3)4)43-62-42-45-29-33-48(60-11)34-30-45/h15-36,46,49,52-53,58H,14,37-43H2,1-13H3/b22-21-,36-35+/t46-,49+,52+,53+,57-/m0/s1. The van der Waals surface area contributed by atoms with Gasteiger partial charge in [-0.05, 0) is 89.2 Å². The number of rotatable bonds is 25. The smallest absolute Gasteiger partial charge is 0.261 e. The van der Waals surface area contributed by atoms with Gasteiger partial charge >= 0.3 is 0 Å². The van der Waals surface area contributed by atoms with E-state index < -0.39 is 40.2 Å². The van der Waals surface area contributed by atoms with Crippen molar-refractivity contribution in [3.05, 3.63) is 145 Å². The molecular weight excluding hydrogens is 885 g/mol. The molecule has 0 spiro atoms. The van der Waals surface area contributed by atoms with E-state index in [9.17, 15) is 5.11 Å². The van der Waals surface area contributed by atoms with Gasteiger partial charge in [-0.15, -0.1) is 0 Å². The molecule has 1 aliphatic heterocycles. The lowest BCUT2D eigenvalue weighted by atomic mass is 9.87. The Bertz CT molecular complexity index is 2110. The topological polar surface area (TPSA) is 94.1 Å². The van der Waals surface area contributed by atoms with Gasteiger partial charge in [0.1, 0.15) is 17.1 Å². The summed E-state index contributed by atoms with van der Waals surface area (Å²) in [5.74, 6) is 0.511. The molecule has 1 heterocycles. The number of ether oxygens (including phenoxy) is 6. The first-order valence-electron chi connectivity index (χ1n) is 24.4. The fraction of sp³-hybridized carbons (Fsp3) is 0.509. The third kappa shape index (κ3) is 14.6. The molecule has 1 saturated heterocycles. The molecule has 5 atom stereocenters. The van der Waals surface area contributed by atoms with Crippen LogP contribution < -0.4 is 19.8 Å². The number of hydrogen-bond acceptors (Lipinski definition) is 9. The average Bonchev–Trinajstić information content (AvgIpc) is 3.56. The lowest BCUT2D eigenvalue weighted by Gasteiger charge is -2.44. The molecule has 5 rings (SSSR count). The third-order valence-electron chi connectivity index (χ3n) is 13.6. The van der Waals surface area contributed by atoms with E-state index in [4.69, 9.17) is 37.3 Å². The highest BCUT2D eigenvalue weighted by molar-refractivity contribution is 6.99. The van der Waals surface area contributed by atoms with Crippen LogP contribution in [-0.2, 0) is 41.0 Å². The molecule has 1 N–H and O–H groups in total. The predicted octanol–water partition coefficient (Wildman–Crippen LogP) is 11.6. The van der Waals surface area contributed by atoms with Crippen molar-refractivity contribution < 1.29 is 42.4 Å². The van der Waals surface area contributed by atoms with Gasteiger partial charge in [-0.3, -0.25) is 0 Å². The number of aliphatic hydroxyl groups excluding tert-OH is 1. The Morgan fingerprint density at radius 2 is 1.25 bits per heavy atom. The number of benzene rings is 4. The first-order chi connectivity index (χ1) is 32.2. The van der Waals surface area contributed by atoms with Crippen molar-refractivity contribution in [3.63, 3.8) is 0 Å². The molecule has 4 aromatic rings. The molecule has 372 valence electrons. The van der Waals surface area contributed by atoms with Gasteiger partial charge in [-0.2, -0.15) is 0 Å². The van der Waals surface area contributed by atoms with Crippen LogP contribution in [0.5, 0.6) is 11.5 Å². The van der Waals surface area contributed by atoms with Gasteiger partial charge in [0.25, 0.3) is 8.32 Å². The second-order valence-electron chi connectivity index (χ2n) is 21.1. The van der Waals surface area contributed by atoms with Crippen LogP contribution in [0.4, 0.5) is 0 Å². The van der Waals surface area contributed by atoms with Crippen molar-refractivity contribution in [2.45, 2.75) is 148 Å². The normalized spacial score (nSPS) is 19.4. The summed E-state index contributed by atoms with van der Waals surface area (Å²) in [6.45, 7) is 26.3. The van der Waals surface area contributed by atoms with E-state index in [1.54, 1.807) is 14.2 Å². The zero-order valence-corrected chi connectivity index (χ0v) is 45.4. The summed E-state index contributed by atoms with van der Waals surface area (Å²) < 4.78 is 52.1. The monoisotopic (exact) mass is 967 g/mol. The van der Waals surface area contributed by atoms with Gasteiger partial charge < -0.3 is 42.4 Å². The molecule has 11 heteroatoms. The van der Waals surface area contributed by atoms with Gasteiger partial charge in [0, 0.05) is 25.4 Å². The molecule has 0 saturated carbocycles. The van der Waals surface area contributed by atoms with Crippen molar-refractivity contribution in [1.29, 1.82) is 0 Å². The Morgan fingerprint density at radius 3 is 1.74 bits per heavy atom. The van der Waals surface area contributed by atoms with Crippen LogP contribution in [0.15, 0.2) is 133 Å². The summed E-state index contributed by atoms with van der Waals surface area (Å²) in [5.41, 5.74) is 1.12. The van der Waals surface area contributed by atoms with Crippen molar-refractivity contribution in [2.75, 3.05) is 34.0 Å². The van der Waals surface area contributed by atoms with E-state index in [-0.39, 0.29) is 22.1 Å². The largest absolute Gasteiger partial charge is 0.497 e. The van der Waals surface area contributed by atoms with E-state index in [1.165, 1.54) is 10.4 Å². The van der Waals surface area contributed by atoms with Crippen LogP contribution in [-0.4, -0.2) is 85.5 Å². The summed E-state index contributed by atoms with van der Waals surface area (Å²) in [4.78, 5) is 0. The van der Waals surface area contributed by atoms with Crippen LogP contribution in [0.1, 0.15) is 92.7 Å². The summed E-state index contributed by atoms with van der Waals surface area (Å²) >= 11 is 0. The van der Waals surface area contributed by atoms with Gasteiger partial charge in [0.2, 0.25) is 0 Å². The van der Waals surface area contributed by atoms with Gasteiger partial charge in [0.05, 0.1) is 59.0 Å². The summed E-state index contributed by atoms with van der Waals surface area (Å²) in [6.07, 6.45) is 8.14. The minimum absolute atomic E-state index is 0.0400. The molecule has 0 radical (unpaired) electrons. The van der Waals surface area contributed by atoms with E-state index in [0.29, 0.717) is 45.9 Å². The minimum Gasteiger partial charge on any atom is -0.497 e. The Morgan fingerprint density at radius 1 is 0.721 bits per heavy atom. The second kappa shape index (κ2) is 24.3. The highest BCUT2D eigenvalue weighted by Gasteiger charge is 2.55. The van der Waals surface area contributed by atoms with Crippen molar-refractivity contribution in [1.82, 2.24) is 0 Å². The SMILES string of the molecule is CC[C@@H](/C=C\COCc1ccc(OC)cc1)[C@H](O)/C=C/[C@@]1(CCO[Si](c2ccccc2)(c2ccccc2)C(C)(C)C)OC(C)(C)O[C@@H]1C[C@H](COCc1ccc(OC)cc1)O[Si](C)(C)C(C)(C)C. The van der Waals surface area contributed by atoms with Crippen molar-refractivity contribution in [2.24, 2.45) is 5.92 Å². The first-order valence-corrected chi connectivity index (χ1v) is 29.3. The fourth-order valence-electron chi connectivity index (χ4n) is 8.90. The second-order valence-corrected chi connectivity index (χ2v) is 30.2. The van der Waals surface area contributed by atoms with Crippen LogP contribution >= 0.6 is 0 Å². The van der Waals surface area contributed by atoms with Gasteiger partial charge in [-0.1, -0.05) is 158 Å². The molecule has 1 aliphatic rings. The number of methoxy groups -OCH3 is 2. The lowest BCUT2D eigenvalue weighted by Crippen LogP contribution is -2.66. The van der Waals surface area contributed by atoms with Crippen LogP contribution in [0.3, 0.4) is 0 Å². The quantitative estimate of drug-likeness (QED) is 0.0396. The van der Waals surface area contributed by atoms with Crippen LogP contribution in [0, 0.1) is 5.92 Å². The van der Waals surface area contributed by atoms with E-state index >= 15 is 0 Å². The minimum atomic E-state index is -2.91. The molecule has 4 aromatic carbocycles. The van der Waals surface area contributed by atoms with Crippen LogP contribution in [0.25, 0.3) is 0 Å². The Kier molecular flexibility index (Phi) is 19.7. The molecular formula is C57H82O9Si2. The highest BCUT2D eigenvalue weighted by atomic mass is 28.4. The highest BCUT2D eigenvalue weighted by Crippen LogP contribution is 2.45. The number of aliphatic hydroxyl groups is 1.